The van der Waals surface area contributed by atoms with Gasteiger partial charge in [0, 0.05) is 5.02 Å². The van der Waals surface area contributed by atoms with E-state index in [0.717, 1.165) is 4.09 Å². The van der Waals surface area contributed by atoms with Gasteiger partial charge in [-0.25, -0.2) is 0 Å². The molecule has 0 unspecified atom stereocenters. The normalized spacial score (nSPS) is 12.2. The van der Waals surface area contributed by atoms with Gasteiger partial charge in [-0.1, -0.05) is 22.0 Å². The lowest BCUT2D eigenvalue weighted by Gasteiger charge is -2.03. The molecule has 0 bridgehead atoms. The highest BCUT2D eigenvalue weighted by atomic mass is 35.5. The molecule has 7 nitrogen and oxygen atoms in total. The third-order valence-corrected chi connectivity index (χ3v) is 4.89. The molecule has 0 aliphatic carbocycles. The van der Waals surface area contributed by atoms with E-state index in [9.17, 15) is 8.42 Å². The van der Waals surface area contributed by atoms with Crippen molar-refractivity contribution in [3.8, 4) is 0 Å². The summed E-state index contributed by atoms with van der Waals surface area (Å²) < 4.78 is 31.0. The molecule has 2 heterocycles. The summed E-state index contributed by atoms with van der Waals surface area (Å²) in [6.07, 6.45) is 0. The first-order valence-corrected chi connectivity index (χ1v) is 7.42. The fourth-order valence-electron chi connectivity index (χ4n) is 1.98. The van der Waals surface area contributed by atoms with Crippen LogP contribution in [0.2, 0.25) is 5.02 Å². The number of hydrogen-bond acceptors (Lipinski definition) is 6. The Bertz CT molecular complexity index is 894. The summed E-state index contributed by atoms with van der Waals surface area (Å²) >= 11 is 5.84. The number of benzene rings is 1. The van der Waals surface area contributed by atoms with Crippen LogP contribution in [-0.4, -0.2) is 28.0 Å². The topological polar surface area (TPSA) is 90.9 Å². The molecule has 9 heteroatoms. The summed E-state index contributed by atoms with van der Waals surface area (Å²) in [6, 6.07) is 4.67. The van der Waals surface area contributed by atoms with Gasteiger partial charge in [-0.15, -0.1) is 9.19 Å². The van der Waals surface area contributed by atoms with Crippen LogP contribution in [0.15, 0.2) is 27.6 Å². The highest BCUT2D eigenvalue weighted by Crippen LogP contribution is 2.25. The third-order valence-electron chi connectivity index (χ3n) is 2.83. The first-order chi connectivity index (χ1) is 9.41. The van der Waals surface area contributed by atoms with Gasteiger partial charge in [-0.2, -0.15) is 8.42 Å². The Balaban J connectivity index is 2.30. The minimum Gasteiger partial charge on any atom is -0.360 e. The number of nitrogens with zero attached hydrogens (tertiary/aromatic N) is 4. The van der Waals surface area contributed by atoms with E-state index in [1.54, 1.807) is 25.1 Å². The molecule has 0 aliphatic rings. The van der Waals surface area contributed by atoms with Crippen LogP contribution in [0.25, 0.3) is 11.0 Å². The molecule has 0 amide bonds. The van der Waals surface area contributed by atoms with Crippen molar-refractivity contribution in [2.24, 2.45) is 0 Å². The Labute approximate surface area is 119 Å². The molecule has 3 aromatic rings. The van der Waals surface area contributed by atoms with E-state index in [2.05, 4.69) is 15.5 Å². The zero-order valence-corrected chi connectivity index (χ0v) is 12.1. The van der Waals surface area contributed by atoms with E-state index in [1.807, 2.05) is 0 Å². The van der Waals surface area contributed by atoms with Crippen LogP contribution >= 0.6 is 11.6 Å². The van der Waals surface area contributed by atoms with Crippen molar-refractivity contribution in [3.63, 3.8) is 0 Å². The number of aromatic nitrogens is 4. The Morgan fingerprint density at radius 1 is 1.30 bits per heavy atom. The summed E-state index contributed by atoms with van der Waals surface area (Å²) in [7, 11) is -3.91. The Morgan fingerprint density at radius 3 is 2.70 bits per heavy atom. The first-order valence-electron chi connectivity index (χ1n) is 5.60. The molecule has 0 saturated carbocycles. The zero-order chi connectivity index (χ0) is 14.5. The summed E-state index contributed by atoms with van der Waals surface area (Å²) in [5, 5.41) is 11.6. The van der Waals surface area contributed by atoms with Crippen molar-refractivity contribution in [3.05, 3.63) is 34.7 Å². The van der Waals surface area contributed by atoms with E-state index >= 15 is 0 Å². The van der Waals surface area contributed by atoms with Gasteiger partial charge in [0.05, 0.1) is 0 Å². The van der Waals surface area contributed by atoms with Gasteiger partial charge in [0.2, 0.25) is 0 Å². The molecule has 0 aliphatic heterocycles. The molecule has 0 spiro atoms. The van der Waals surface area contributed by atoms with Crippen molar-refractivity contribution >= 4 is 32.7 Å². The average molecular weight is 313 g/mol. The van der Waals surface area contributed by atoms with Gasteiger partial charge in [0.1, 0.15) is 16.7 Å². The van der Waals surface area contributed by atoms with E-state index in [1.165, 1.54) is 6.92 Å². The maximum absolute atomic E-state index is 12.6. The molecule has 0 saturated heterocycles. The van der Waals surface area contributed by atoms with Gasteiger partial charge in [-0.05, 0) is 32.0 Å². The maximum atomic E-state index is 12.6. The summed E-state index contributed by atoms with van der Waals surface area (Å²) in [6.45, 7) is 3.09. The van der Waals surface area contributed by atoms with Crippen molar-refractivity contribution < 1.29 is 12.9 Å². The van der Waals surface area contributed by atoms with Gasteiger partial charge in [0.25, 0.3) is 10.0 Å². The van der Waals surface area contributed by atoms with Crippen LogP contribution in [0.5, 0.6) is 0 Å². The van der Waals surface area contributed by atoms with Crippen LogP contribution in [0.3, 0.4) is 0 Å². The van der Waals surface area contributed by atoms with Crippen molar-refractivity contribution in [2.75, 3.05) is 0 Å². The lowest BCUT2D eigenvalue weighted by atomic mass is 10.3. The molecule has 104 valence electrons. The highest BCUT2D eigenvalue weighted by molar-refractivity contribution is 7.90. The van der Waals surface area contributed by atoms with E-state index in [0.29, 0.717) is 16.1 Å². The Hall–Kier alpha value is -1.93. The van der Waals surface area contributed by atoms with Gasteiger partial charge in [0.15, 0.2) is 10.7 Å². The van der Waals surface area contributed by atoms with Gasteiger partial charge < -0.3 is 4.52 Å². The van der Waals surface area contributed by atoms with Crippen LogP contribution in [0.1, 0.15) is 11.5 Å². The smallest absolute Gasteiger partial charge is 0.290 e. The second-order valence-electron chi connectivity index (χ2n) is 4.22. The molecule has 20 heavy (non-hydrogen) atoms. The second-order valence-corrected chi connectivity index (χ2v) is 6.36. The largest absolute Gasteiger partial charge is 0.360 e. The molecule has 1 aromatic carbocycles. The first kappa shape index (κ1) is 13.1. The maximum Gasteiger partial charge on any atom is 0.290 e. The predicted octanol–water partition coefficient (Wildman–Crippen LogP) is 1.93. The van der Waals surface area contributed by atoms with Crippen LogP contribution in [0, 0.1) is 13.8 Å². The molecule has 0 fully saturated rings. The number of halogens is 1. The van der Waals surface area contributed by atoms with Crippen LogP contribution in [0.4, 0.5) is 0 Å². The molecule has 0 radical (unpaired) electrons. The third kappa shape index (κ3) is 1.80. The lowest BCUT2D eigenvalue weighted by molar-refractivity contribution is 0.390. The zero-order valence-electron chi connectivity index (χ0n) is 10.5. The van der Waals surface area contributed by atoms with Crippen LogP contribution < -0.4 is 0 Å². The van der Waals surface area contributed by atoms with Gasteiger partial charge in [-0.3, -0.25) is 0 Å². The minimum absolute atomic E-state index is 0.000694. The van der Waals surface area contributed by atoms with Crippen molar-refractivity contribution in [1.82, 2.24) is 19.6 Å². The Kier molecular flexibility index (Phi) is 2.80. The van der Waals surface area contributed by atoms with E-state index < -0.39 is 10.0 Å². The second kappa shape index (κ2) is 4.29. The highest BCUT2D eigenvalue weighted by Gasteiger charge is 2.28. The molecular formula is C11H9ClN4O3S. The fraction of sp³-hybridized carbons (Fsp3) is 0.182. The predicted molar refractivity (Wildman–Crippen MR) is 71.1 cm³/mol. The number of fused-ring (bicyclic) bond motifs is 1. The fourth-order valence-corrected chi connectivity index (χ4v) is 3.68. The summed E-state index contributed by atoms with van der Waals surface area (Å²) in [4.78, 5) is -0.000694. The van der Waals surface area contributed by atoms with Crippen LogP contribution in [-0.2, 0) is 10.0 Å². The number of hydrogen-bond donors (Lipinski definition) is 0. The SMILES string of the molecule is Cc1noc(C)c1S(=O)(=O)n1nnc2cc(Cl)ccc21. The van der Waals surface area contributed by atoms with E-state index in [4.69, 9.17) is 16.1 Å². The quantitative estimate of drug-likeness (QED) is 0.718. The number of rotatable bonds is 2. The van der Waals surface area contributed by atoms with Crippen molar-refractivity contribution in [1.29, 1.82) is 0 Å². The average Bonchev–Trinajstić information content (AvgIpc) is 2.93. The summed E-state index contributed by atoms with van der Waals surface area (Å²) in [5.74, 6) is 0.208. The van der Waals surface area contributed by atoms with Gasteiger partial charge >= 0.3 is 0 Å². The Morgan fingerprint density at radius 2 is 2.05 bits per heavy atom. The molecule has 0 atom stereocenters. The van der Waals surface area contributed by atoms with Crippen molar-refractivity contribution in [2.45, 2.75) is 18.7 Å². The monoisotopic (exact) mass is 312 g/mol. The molecule has 3 rings (SSSR count). The molecular weight excluding hydrogens is 304 g/mol. The van der Waals surface area contributed by atoms with E-state index in [-0.39, 0.29) is 16.3 Å². The number of aryl methyl sites for hydroxylation is 2. The molecule has 2 aromatic heterocycles. The lowest BCUT2D eigenvalue weighted by Crippen LogP contribution is -2.16. The minimum atomic E-state index is -3.91. The molecule has 0 N–H and O–H groups in total. The standard InChI is InChI=1S/C11H9ClN4O3S/c1-6-11(7(2)19-14-6)20(17,18)16-10-4-3-8(12)5-9(10)13-15-16/h3-5H,1-2H3. The summed E-state index contributed by atoms with van der Waals surface area (Å²) in [5.41, 5.74) is 1.02.